The molecule has 0 bridgehead atoms. The highest BCUT2D eigenvalue weighted by Crippen LogP contribution is 2.18. The van der Waals surface area contributed by atoms with Gasteiger partial charge < -0.3 is 10.6 Å². The van der Waals surface area contributed by atoms with Gasteiger partial charge in [0.05, 0.1) is 10.0 Å². The third kappa shape index (κ3) is 5.08. The van der Waals surface area contributed by atoms with Gasteiger partial charge in [-0.2, -0.15) is 0 Å². The minimum atomic E-state index is -0.508. The minimum absolute atomic E-state index is 0.0823. The predicted molar refractivity (Wildman–Crippen MR) is 85.9 cm³/mol. The molecule has 2 rings (SSSR count). The van der Waals surface area contributed by atoms with Crippen LogP contribution in [-0.2, 0) is 0 Å². The van der Waals surface area contributed by atoms with Crippen molar-refractivity contribution in [2.75, 3.05) is 13.1 Å². The highest BCUT2D eigenvalue weighted by molar-refractivity contribution is 9.10. The Morgan fingerprint density at radius 2 is 1.90 bits per heavy atom. The van der Waals surface area contributed by atoms with Gasteiger partial charge in [-0.15, -0.1) is 0 Å². The highest BCUT2D eigenvalue weighted by Gasteiger charge is 2.14. The Balaban J connectivity index is 1.73. The molecule has 0 aliphatic heterocycles. The van der Waals surface area contributed by atoms with Crippen molar-refractivity contribution in [1.29, 1.82) is 0 Å². The fraction of sp³-hybridized carbons (Fsp3) is 0.562. The summed E-state index contributed by atoms with van der Waals surface area (Å²) < 4.78 is 14.1. The molecule has 0 heterocycles. The van der Waals surface area contributed by atoms with Gasteiger partial charge in [-0.25, -0.2) is 4.39 Å². The van der Waals surface area contributed by atoms with Crippen LogP contribution >= 0.6 is 15.9 Å². The number of hydrogen-bond donors (Lipinski definition) is 2. The number of carbonyl (C=O) groups is 1. The van der Waals surface area contributed by atoms with E-state index in [2.05, 4.69) is 26.6 Å². The molecule has 0 spiro atoms. The lowest BCUT2D eigenvalue weighted by Crippen LogP contribution is -2.37. The third-order valence-corrected chi connectivity index (χ3v) is 4.51. The van der Waals surface area contributed by atoms with E-state index in [4.69, 9.17) is 0 Å². The number of halogens is 2. The lowest BCUT2D eigenvalue weighted by atomic mass is 10.1. The number of rotatable bonds is 5. The summed E-state index contributed by atoms with van der Waals surface area (Å²) in [5, 5.41) is 6.24. The Kier molecular flexibility index (Phi) is 6.64. The molecule has 1 amide bonds. The molecular weight excluding hydrogens is 335 g/mol. The van der Waals surface area contributed by atoms with Crippen molar-refractivity contribution in [3.8, 4) is 0 Å². The summed E-state index contributed by atoms with van der Waals surface area (Å²) in [7, 11) is 0. The first-order valence-corrected chi connectivity index (χ1v) is 8.43. The molecule has 116 valence electrons. The van der Waals surface area contributed by atoms with E-state index in [0.717, 1.165) is 6.54 Å². The van der Waals surface area contributed by atoms with E-state index < -0.39 is 5.82 Å². The van der Waals surface area contributed by atoms with Gasteiger partial charge >= 0.3 is 0 Å². The third-order valence-electron chi connectivity index (χ3n) is 3.89. The topological polar surface area (TPSA) is 41.1 Å². The average molecular weight is 357 g/mol. The van der Waals surface area contributed by atoms with Gasteiger partial charge in [0.25, 0.3) is 5.91 Å². The maximum absolute atomic E-state index is 13.8. The lowest BCUT2D eigenvalue weighted by Gasteiger charge is -2.16. The van der Waals surface area contributed by atoms with E-state index in [9.17, 15) is 9.18 Å². The molecule has 0 unspecified atom stereocenters. The summed E-state index contributed by atoms with van der Waals surface area (Å²) in [6.45, 7) is 1.24. The average Bonchev–Trinajstić information content (AvgIpc) is 2.75. The van der Waals surface area contributed by atoms with E-state index in [-0.39, 0.29) is 11.5 Å². The monoisotopic (exact) mass is 356 g/mol. The van der Waals surface area contributed by atoms with Crippen molar-refractivity contribution in [2.24, 2.45) is 0 Å². The second-order valence-electron chi connectivity index (χ2n) is 5.50. The van der Waals surface area contributed by atoms with Gasteiger partial charge in [-0.3, -0.25) is 4.79 Å². The zero-order valence-corrected chi connectivity index (χ0v) is 13.7. The van der Waals surface area contributed by atoms with Crippen LogP contribution in [0.15, 0.2) is 22.7 Å². The lowest BCUT2D eigenvalue weighted by molar-refractivity contribution is 0.0949. The first kappa shape index (κ1) is 16.4. The van der Waals surface area contributed by atoms with Crippen LogP contribution in [0.25, 0.3) is 0 Å². The number of nitrogens with one attached hydrogen (secondary N) is 2. The van der Waals surface area contributed by atoms with Crippen molar-refractivity contribution in [1.82, 2.24) is 10.6 Å². The van der Waals surface area contributed by atoms with Crippen LogP contribution in [0.5, 0.6) is 0 Å². The summed E-state index contributed by atoms with van der Waals surface area (Å²) in [6.07, 6.45) is 7.66. The Hall–Kier alpha value is -0.940. The van der Waals surface area contributed by atoms with Crippen LogP contribution < -0.4 is 10.6 Å². The molecule has 0 aromatic heterocycles. The molecule has 0 saturated heterocycles. The Labute approximate surface area is 133 Å². The SMILES string of the molecule is O=C(NCCNC1CCCCCC1)c1cccc(Br)c1F. The molecule has 0 radical (unpaired) electrons. The van der Waals surface area contributed by atoms with Crippen LogP contribution in [0.2, 0.25) is 0 Å². The van der Waals surface area contributed by atoms with Gasteiger partial charge in [0.15, 0.2) is 0 Å². The Morgan fingerprint density at radius 3 is 2.62 bits per heavy atom. The summed E-state index contributed by atoms with van der Waals surface area (Å²) in [5.74, 6) is -0.872. The van der Waals surface area contributed by atoms with Crippen LogP contribution in [0, 0.1) is 5.82 Å². The smallest absolute Gasteiger partial charge is 0.254 e. The summed E-state index contributed by atoms with van der Waals surface area (Å²) in [6, 6.07) is 5.30. The Bertz CT molecular complexity index is 473. The quantitative estimate of drug-likeness (QED) is 0.624. The van der Waals surface area contributed by atoms with E-state index in [1.165, 1.54) is 44.6 Å². The molecule has 3 nitrogen and oxygen atoms in total. The van der Waals surface area contributed by atoms with Crippen molar-refractivity contribution in [3.63, 3.8) is 0 Å². The molecule has 1 aliphatic rings. The van der Waals surface area contributed by atoms with Crippen LogP contribution in [-0.4, -0.2) is 25.0 Å². The molecule has 21 heavy (non-hydrogen) atoms. The second-order valence-corrected chi connectivity index (χ2v) is 6.35. The van der Waals surface area contributed by atoms with Crippen LogP contribution in [0.1, 0.15) is 48.9 Å². The molecule has 1 aromatic carbocycles. The summed E-state index contributed by atoms with van der Waals surface area (Å²) >= 11 is 3.09. The molecule has 1 fully saturated rings. The van der Waals surface area contributed by atoms with Gasteiger partial charge in [0.1, 0.15) is 5.82 Å². The molecular formula is C16H22BrFN2O. The van der Waals surface area contributed by atoms with Crippen molar-refractivity contribution < 1.29 is 9.18 Å². The molecule has 5 heteroatoms. The molecule has 1 aliphatic carbocycles. The summed E-state index contributed by atoms with van der Waals surface area (Å²) in [4.78, 5) is 11.9. The predicted octanol–water partition coefficient (Wildman–Crippen LogP) is 3.63. The highest BCUT2D eigenvalue weighted by atomic mass is 79.9. The van der Waals surface area contributed by atoms with E-state index in [0.29, 0.717) is 17.1 Å². The molecule has 1 aromatic rings. The van der Waals surface area contributed by atoms with Gasteiger partial charge in [0.2, 0.25) is 0 Å². The second kappa shape index (κ2) is 8.49. The normalized spacial score (nSPS) is 16.5. The largest absolute Gasteiger partial charge is 0.351 e. The number of hydrogen-bond acceptors (Lipinski definition) is 2. The van der Waals surface area contributed by atoms with E-state index in [1.54, 1.807) is 12.1 Å². The Morgan fingerprint density at radius 1 is 1.19 bits per heavy atom. The first-order valence-electron chi connectivity index (χ1n) is 7.64. The zero-order valence-electron chi connectivity index (χ0n) is 12.1. The number of carbonyl (C=O) groups excluding carboxylic acids is 1. The maximum atomic E-state index is 13.8. The van der Waals surface area contributed by atoms with E-state index in [1.807, 2.05) is 0 Å². The fourth-order valence-electron chi connectivity index (χ4n) is 2.71. The van der Waals surface area contributed by atoms with Crippen molar-refractivity contribution in [2.45, 2.75) is 44.6 Å². The van der Waals surface area contributed by atoms with Gasteiger partial charge in [-0.1, -0.05) is 31.7 Å². The minimum Gasteiger partial charge on any atom is -0.351 e. The zero-order chi connectivity index (χ0) is 15.1. The maximum Gasteiger partial charge on any atom is 0.254 e. The first-order chi connectivity index (χ1) is 10.2. The fourth-order valence-corrected chi connectivity index (χ4v) is 3.08. The molecule has 0 atom stereocenters. The van der Waals surface area contributed by atoms with Gasteiger partial charge in [-0.05, 0) is 40.9 Å². The number of amides is 1. The van der Waals surface area contributed by atoms with Crippen LogP contribution in [0.4, 0.5) is 4.39 Å². The molecule has 2 N–H and O–H groups in total. The molecule has 1 saturated carbocycles. The van der Waals surface area contributed by atoms with Crippen LogP contribution in [0.3, 0.4) is 0 Å². The summed E-state index contributed by atoms with van der Waals surface area (Å²) in [5.41, 5.74) is 0.0823. The standard InChI is InChI=1S/C16H22BrFN2O/c17-14-9-5-8-13(15(14)18)16(21)20-11-10-19-12-6-3-1-2-4-7-12/h5,8-9,12,19H,1-4,6-7,10-11H2,(H,20,21). The van der Waals surface area contributed by atoms with Crippen molar-refractivity contribution >= 4 is 21.8 Å². The number of benzene rings is 1. The van der Waals surface area contributed by atoms with Crippen molar-refractivity contribution in [3.05, 3.63) is 34.1 Å². The van der Waals surface area contributed by atoms with E-state index >= 15 is 0 Å². The van der Waals surface area contributed by atoms with Gasteiger partial charge in [0, 0.05) is 19.1 Å².